The van der Waals surface area contributed by atoms with Gasteiger partial charge in [-0.2, -0.15) is 13.2 Å². The molecule has 30 heavy (non-hydrogen) atoms. The molecule has 1 fully saturated rings. The summed E-state index contributed by atoms with van der Waals surface area (Å²) >= 11 is 0. The summed E-state index contributed by atoms with van der Waals surface area (Å²) in [4.78, 5) is 4.58. The van der Waals surface area contributed by atoms with E-state index >= 15 is 0 Å². The molecule has 1 heterocycles. The molecular formula is C22H27F3N2O3. The second-order valence-electron chi connectivity index (χ2n) is 7.24. The van der Waals surface area contributed by atoms with Gasteiger partial charge in [-0.05, 0) is 23.8 Å². The molecule has 2 aromatic carbocycles. The summed E-state index contributed by atoms with van der Waals surface area (Å²) in [7, 11) is 4.79. The van der Waals surface area contributed by atoms with Gasteiger partial charge in [0.05, 0.1) is 26.9 Å². The number of nitrogens with zero attached hydrogens (tertiary/aromatic N) is 2. The van der Waals surface area contributed by atoms with Crippen molar-refractivity contribution in [2.75, 3.05) is 47.5 Å². The minimum atomic E-state index is -4.30. The van der Waals surface area contributed by atoms with E-state index in [1.165, 1.54) is 0 Å². The van der Waals surface area contributed by atoms with Crippen molar-refractivity contribution >= 4 is 0 Å². The van der Waals surface area contributed by atoms with E-state index in [2.05, 4.69) is 9.80 Å². The standard InChI is InChI=1S/C22H27F3N2O3/c1-28-19-9-6-17(20(29-2)21(19)30-3)15-27-12-10-26(11-13-27)14-16-4-7-18(8-5-16)22(23,24)25/h4-9H,10-15H2,1-3H3. The molecule has 0 radical (unpaired) electrons. The highest BCUT2D eigenvalue weighted by molar-refractivity contribution is 5.55. The van der Waals surface area contributed by atoms with Crippen molar-refractivity contribution in [1.29, 1.82) is 0 Å². The van der Waals surface area contributed by atoms with E-state index in [9.17, 15) is 13.2 Å². The highest BCUT2D eigenvalue weighted by Gasteiger charge is 2.30. The predicted octanol–water partition coefficient (Wildman–Crippen LogP) is 4.05. The van der Waals surface area contributed by atoms with Crippen molar-refractivity contribution in [2.45, 2.75) is 19.3 Å². The fraction of sp³-hybridized carbons (Fsp3) is 0.455. The zero-order chi connectivity index (χ0) is 21.7. The normalized spacial score (nSPS) is 15.8. The summed E-state index contributed by atoms with van der Waals surface area (Å²) in [6, 6.07) is 9.27. The predicted molar refractivity (Wildman–Crippen MR) is 108 cm³/mol. The smallest absolute Gasteiger partial charge is 0.416 e. The molecule has 0 N–H and O–H groups in total. The second-order valence-corrected chi connectivity index (χ2v) is 7.24. The number of benzene rings is 2. The van der Waals surface area contributed by atoms with Crippen LogP contribution in [-0.4, -0.2) is 57.3 Å². The van der Waals surface area contributed by atoms with Crippen molar-refractivity contribution in [3.63, 3.8) is 0 Å². The Balaban J connectivity index is 1.57. The largest absolute Gasteiger partial charge is 0.493 e. The van der Waals surface area contributed by atoms with Gasteiger partial charge in [-0.15, -0.1) is 0 Å². The van der Waals surface area contributed by atoms with Crippen molar-refractivity contribution < 1.29 is 27.4 Å². The molecule has 2 aromatic rings. The third-order valence-electron chi connectivity index (χ3n) is 5.33. The average molecular weight is 424 g/mol. The van der Waals surface area contributed by atoms with Gasteiger partial charge in [-0.25, -0.2) is 0 Å². The van der Waals surface area contributed by atoms with Gasteiger partial charge < -0.3 is 14.2 Å². The van der Waals surface area contributed by atoms with E-state index in [0.717, 1.165) is 56.0 Å². The van der Waals surface area contributed by atoms with Gasteiger partial charge in [0.15, 0.2) is 11.5 Å². The lowest BCUT2D eigenvalue weighted by Crippen LogP contribution is -2.45. The first-order valence-electron chi connectivity index (χ1n) is 9.74. The second kappa shape index (κ2) is 9.57. The Bertz CT molecular complexity index is 833. The van der Waals surface area contributed by atoms with Crippen LogP contribution in [0.5, 0.6) is 17.2 Å². The molecule has 0 saturated carbocycles. The SMILES string of the molecule is COc1ccc(CN2CCN(Cc3ccc(C(F)(F)F)cc3)CC2)c(OC)c1OC. The van der Waals surface area contributed by atoms with E-state index < -0.39 is 11.7 Å². The van der Waals surface area contributed by atoms with Crippen molar-refractivity contribution in [2.24, 2.45) is 0 Å². The molecule has 8 heteroatoms. The highest BCUT2D eigenvalue weighted by atomic mass is 19.4. The number of halogens is 3. The molecule has 5 nitrogen and oxygen atoms in total. The van der Waals surface area contributed by atoms with Gasteiger partial charge in [0.1, 0.15) is 0 Å². The summed E-state index contributed by atoms with van der Waals surface area (Å²) in [6.07, 6.45) is -4.30. The van der Waals surface area contributed by atoms with Crippen molar-refractivity contribution in [1.82, 2.24) is 9.80 Å². The fourth-order valence-electron chi connectivity index (χ4n) is 3.69. The monoisotopic (exact) mass is 424 g/mol. The Kier molecular flexibility index (Phi) is 7.10. The van der Waals surface area contributed by atoms with Gasteiger partial charge in [0, 0.05) is 44.8 Å². The number of methoxy groups -OCH3 is 3. The minimum Gasteiger partial charge on any atom is -0.493 e. The van der Waals surface area contributed by atoms with Crippen LogP contribution in [0.3, 0.4) is 0 Å². The van der Waals surface area contributed by atoms with Gasteiger partial charge in [0.2, 0.25) is 5.75 Å². The molecule has 0 atom stereocenters. The number of piperazine rings is 1. The number of ether oxygens (including phenoxy) is 3. The zero-order valence-corrected chi connectivity index (χ0v) is 17.5. The van der Waals surface area contributed by atoms with E-state index in [1.807, 2.05) is 12.1 Å². The third-order valence-corrected chi connectivity index (χ3v) is 5.33. The molecule has 0 unspecified atom stereocenters. The van der Waals surface area contributed by atoms with Crippen molar-refractivity contribution in [3.05, 3.63) is 53.1 Å². The van der Waals surface area contributed by atoms with Crippen LogP contribution in [0.15, 0.2) is 36.4 Å². The zero-order valence-electron chi connectivity index (χ0n) is 17.5. The summed E-state index contributed by atoms with van der Waals surface area (Å²) < 4.78 is 54.5. The van der Waals surface area contributed by atoms with Crippen molar-refractivity contribution in [3.8, 4) is 17.2 Å². The first kappa shape index (κ1) is 22.2. The van der Waals surface area contributed by atoms with Crippen LogP contribution in [0.4, 0.5) is 13.2 Å². The molecule has 0 aliphatic carbocycles. The number of rotatable bonds is 7. The molecule has 1 aliphatic rings. The first-order chi connectivity index (χ1) is 14.4. The van der Waals surface area contributed by atoms with E-state index in [0.29, 0.717) is 23.8 Å². The number of alkyl halides is 3. The van der Waals surface area contributed by atoms with Crippen LogP contribution < -0.4 is 14.2 Å². The molecule has 1 saturated heterocycles. The maximum Gasteiger partial charge on any atom is 0.416 e. The number of hydrogen-bond acceptors (Lipinski definition) is 5. The van der Waals surface area contributed by atoms with Gasteiger partial charge in [-0.1, -0.05) is 18.2 Å². The molecular weight excluding hydrogens is 397 g/mol. The fourth-order valence-corrected chi connectivity index (χ4v) is 3.69. The molecule has 0 aromatic heterocycles. The van der Waals surface area contributed by atoms with Crippen LogP contribution in [0, 0.1) is 0 Å². The Hall–Kier alpha value is -2.45. The minimum absolute atomic E-state index is 0.582. The molecule has 0 spiro atoms. The highest BCUT2D eigenvalue weighted by Crippen LogP contribution is 2.40. The van der Waals surface area contributed by atoms with Crippen LogP contribution in [0.2, 0.25) is 0 Å². The van der Waals surface area contributed by atoms with E-state index in [4.69, 9.17) is 14.2 Å². The molecule has 0 bridgehead atoms. The summed E-state index contributed by atoms with van der Waals surface area (Å²) in [5, 5.41) is 0. The Morgan fingerprint density at radius 3 is 1.80 bits per heavy atom. The van der Waals surface area contributed by atoms with Crippen LogP contribution >= 0.6 is 0 Å². The molecule has 1 aliphatic heterocycles. The van der Waals surface area contributed by atoms with Gasteiger partial charge in [0.25, 0.3) is 0 Å². The maximum atomic E-state index is 12.7. The van der Waals surface area contributed by atoms with Gasteiger partial charge >= 0.3 is 6.18 Å². The molecule has 164 valence electrons. The quantitative estimate of drug-likeness (QED) is 0.670. The third kappa shape index (κ3) is 5.17. The lowest BCUT2D eigenvalue weighted by molar-refractivity contribution is -0.137. The Morgan fingerprint density at radius 2 is 1.30 bits per heavy atom. The van der Waals surface area contributed by atoms with E-state index in [-0.39, 0.29) is 0 Å². The summed E-state index contributed by atoms with van der Waals surface area (Å²) in [5.74, 6) is 1.88. The van der Waals surface area contributed by atoms with Gasteiger partial charge in [-0.3, -0.25) is 9.80 Å². The lowest BCUT2D eigenvalue weighted by atomic mass is 10.1. The maximum absolute atomic E-state index is 12.7. The first-order valence-corrected chi connectivity index (χ1v) is 9.74. The topological polar surface area (TPSA) is 34.2 Å². The summed E-state index contributed by atoms with van der Waals surface area (Å²) in [5.41, 5.74) is 1.30. The van der Waals surface area contributed by atoms with E-state index in [1.54, 1.807) is 33.5 Å². The lowest BCUT2D eigenvalue weighted by Gasteiger charge is -2.35. The average Bonchev–Trinajstić information content (AvgIpc) is 2.74. The van der Waals surface area contributed by atoms with Crippen LogP contribution in [0.1, 0.15) is 16.7 Å². The van der Waals surface area contributed by atoms with Crippen LogP contribution in [-0.2, 0) is 19.3 Å². The molecule has 0 amide bonds. The Morgan fingerprint density at radius 1 is 0.733 bits per heavy atom. The Labute approximate surface area is 174 Å². The summed E-state index contributed by atoms with van der Waals surface area (Å²) in [6.45, 7) is 4.77. The molecule has 3 rings (SSSR count). The number of hydrogen-bond donors (Lipinski definition) is 0. The van der Waals surface area contributed by atoms with Crippen LogP contribution in [0.25, 0.3) is 0 Å².